The van der Waals surface area contributed by atoms with Crippen molar-refractivity contribution in [1.29, 1.82) is 0 Å². The topological polar surface area (TPSA) is 146 Å². The summed E-state index contributed by atoms with van der Waals surface area (Å²) < 4.78 is 0. The van der Waals surface area contributed by atoms with Crippen molar-refractivity contribution in [1.82, 2.24) is 15.0 Å². The highest BCUT2D eigenvalue weighted by atomic mass is 16.6. The average Bonchev–Trinajstić information content (AvgIpc) is 3.35. The Hall–Kier alpha value is -4.92. The van der Waals surface area contributed by atoms with Gasteiger partial charge in [0, 0.05) is 39.9 Å². The number of nitro groups is 1. The summed E-state index contributed by atoms with van der Waals surface area (Å²) in [6.07, 6.45) is 0. The van der Waals surface area contributed by atoms with Gasteiger partial charge in [-0.2, -0.15) is 0 Å². The number of H-pyrrole nitrogens is 2. The molecule has 3 aromatic carbocycles. The van der Waals surface area contributed by atoms with Gasteiger partial charge < -0.3 is 20.8 Å². The highest BCUT2D eigenvalue weighted by Crippen LogP contribution is 2.34. The van der Waals surface area contributed by atoms with E-state index in [9.17, 15) is 15.2 Å². The van der Waals surface area contributed by atoms with Gasteiger partial charge in [0.25, 0.3) is 5.69 Å². The Morgan fingerprint density at radius 3 is 2.44 bits per heavy atom. The number of hydrogen-bond acceptors (Lipinski definition) is 6. The minimum Gasteiger partial charge on any atom is -0.494 e. The van der Waals surface area contributed by atoms with Crippen molar-refractivity contribution in [3.8, 4) is 17.1 Å². The van der Waals surface area contributed by atoms with Crippen molar-refractivity contribution in [3.63, 3.8) is 0 Å². The second-order valence-electron chi connectivity index (χ2n) is 7.80. The second-order valence-corrected chi connectivity index (χ2v) is 7.80. The number of rotatable bonds is 5. The molecule has 5 aromatic rings. The van der Waals surface area contributed by atoms with Gasteiger partial charge in [0.15, 0.2) is 11.8 Å². The van der Waals surface area contributed by atoms with Crippen LogP contribution in [0.4, 0.5) is 17.3 Å². The van der Waals surface area contributed by atoms with E-state index in [4.69, 9.17) is 10.7 Å². The van der Waals surface area contributed by atoms with Gasteiger partial charge in [-0.15, -0.1) is 0 Å². The van der Waals surface area contributed by atoms with Crippen LogP contribution in [-0.2, 0) is 0 Å². The Morgan fingerprint density at radius 1 is 1.06 bits per heavy atom. The van der Waals surface area contributed by atoms with E-state index in [1.165, 1.54) is 12.1 Å². The highest BCUT2D eigenvalue weighted by Gasteiger charge is 2.21. The van der Waals surface area contributed by atoms with Crippen molar-refractivity contribution in [2.24, 2.45) is 4.99 Å². The summed E-state index contributed by atoms with van der Waals surface area (Å²) in [6.45, 7) is 1.90. The molecule has 0 aliphatic carbocycles. The van der Waals surface area contributed by atoms with E-state index in [1.807, 2.05) is 61.5 Å². The van der Waals surface area contributed by atoms with Crippen LogP contribution in [0.5, 0.6) is 5.88 Å². The molecule has 34 heavy (non-hydrogen) atoms. The van der Waals surface area contributed by atoms with Crippen LogP contribution >= 0.6 is 0 Å². The molecule has 168 valence electrons. The Morgan fingerprint density at radius 2 is 1.79 bits per heavy atom. The first-order valence-electron chi connectivity index (χ1n) is 10.5. The van der Waals surface area contributed by atoms with Crippen LogP contribution in [0.3, 0.4) is 0 Å². The molecule has 0 bridgehead atoms. The van der Waals surface area contributed by atoms with Crippen LogP contribution in [0.25, 0.3) is 22.2 Å². The average molecular weight is 452 g/mol. The summed E-state index contributed by atoms with van der Waals surface area (Å²) in [5.41, 5.74) is 11.1. The van der Waals surface area contributed by atoms with Crippen LogP contribution in [0.1, 0.15) is 16.8 Å². The summed E-state index contributed by atoms with van der Waals surface area (Å²) in [7, 11) is 0. The molecule has 0 radical (unpaired) electrons. The van der Waals surface area contributed by atoms with Gasteiger partial charge in [-0.3, -0.25) is 10.1 Å². The van der Waals surface area contributed by atoms with Gasteiger partial charge >= 0.3 is 0 Å². The normalized spacial score (nSPS) is 11.7. The fourth-order valence-electron chi connectivity index (χ4n) is 3.97. The van der Waals surface area contributed by atoms with Gasteiger partial charge in [0.1, 0.15) is 0 Å². The summed E-state index contributed by atoms with van der Waals surface area (Å²) >= 11 is 0. The summed E-state index contributed by atoms with van der Waals surface area (Å²) in [4.78, 5) is 25.9. The second kappa shape index (κ2) is 8.21. The lowest BCUT2D eigenvalue weighted by molar-refractivity contribution is -0.384. The fraction of sp³-hybridized carbons (Fsp3) is 0.0400. The lowest BCUT2D eigenvalue weighted by Gasteiger charge is -2.08. The molecule has 0 amide bonds. The molecule has 9 heteroatoms. The molecular formula is C25H20N6O3. The van der Waals surface area contributed by atoms with Crippen molar-refractivity contribution < 1.29 is 10.0 Å². The molecule has 0 saturated heterocycles. The maximum atomic E-state index is 11.4. The number of aromatic hydroxyl groups is 1. The predicted octanol–water partition coefficient (Wildman–Crippen LogP) is 5.23. The third-order valence-electron chi connectivity index (χ3n) is 5.54. The number of nitrogens with two attached hydrogens (primary N) is 1. The van der Waals surface area contributed by atoms with Crippen LogP contribution in [-0.4, -0.2) is 30.7 Å². The van der Waals surface area contributed by atoms with Gasteiger partial charge in [-0.1, -0.05) is 42.5 Å². The summed E-state index contributed by atoms with van der Waals surface area (Å²) in [5, 5.41) is 22.6. The van der Waals surface area contributed by atoms with Gasteiger partial charge in [0.2, 0.25) is 0 Å². The molecule has 0 unspecified atom stereocenters. The molecule has 0 aliphatic rings. The first-order chi connectivity index (χ1) is 16.4. The van der Waals surface area contributed by atoms with E-state index in [-0.39, 0.29) is 11.6 Å². The lowest BCUT2D eigenvalue weighted by atomic mass is 10.0. The van der Waals surface area contributed by atoms with Gasteiger partial charge in [0.05, 0.1) is 27.6 Å². The molecule has 0 fully saturated rings. The Balaban J connectivity index is 1.66. The highest BCUT2D eigenvalue weighted by molar-refractivity contribution is 6.22. The minimum absolute atomic E-state index is 0.0711. The maximum absolute atomic E-state index is 11.4. The number of nitrogens with zero attached hydrogens (tertiary/aromatic N) is 3. The standard InChI is InChI=1S/C25H20N6O3/c1-14-22(30-25(26)27-14)16-7-9-17(10-8-16)28-23(15-5-3-2-4-6-15)21-19-13-18(31(33)34)11-12-20(19)29-24(21)32/h2-13,29,32H,1H3,(H3,26,27,30). The van der Waals surface area contributed by atoms with Crippen LogP contribution in [0.15, 0.2) is 77.8 Å². The van der Waals surface area contributed by atoms with Crippen molar-refractivity contribution in [2.45, 2.75) is 6.92 Å². The first-order valence-corrected chi connectivity index (χ1v) is 10.5. The number of aromatic amines is 2. The number of non-ortho nitro benzene ring substituents is 1. The Bertz CT molecular complexity index is 1550. The van der Waals surface area contributed by atoms with Crippen molar-refractivity contribution >= 4 is 33.9 Å². The molecule has 0 saturated carbocycles. The number of anilines is 1. The van der Waals surface area contributed by atoms with E-state index in [0.29, 0.717) is 33.8 Å². The zero-order chi connectivity index (χ0) is 23.8. The molecule has 5 rings (SSSR count). The number of nitrogen functional groups attached to an aromatic ring is 1. The molecule has 0 atom stereocenters. The summed E-state index contributed by atoms with van der Waals surface area (Å²) in [5.74, 6) is 0.238. The molecule has 9 nitrogen and oxygen atoms in total. The number of aliphatic imine (C=N–C) groups is 1. The minimum atomic E-state index is -0.463. The summed E-state index contributed by atoms with van der Waals surface area (Å²) in [6, 6.07) is 21.2. The first kappa shape index (κ1) is 21.0. The van der Waals surface area contributed by atoms with Gasteiger partial charge in [-0.25, -0.2) is 9.98 Å². The molecule has 2 heterocycles. The number of aryl methyl sites for hydroxylation is 1. The van der Waals surface area contributed by atoms with E-state index < -0.39 is 4.92 Å². The Kier molecular flexibility index (Phi) is 5.06. The quantitative estimate of drug-likeness (QED) is 0.164. The number of nitrogens with one attached hydrogen (secondary N) is 2. The van der Waals surface area contributed by atoms with E-state index in [0.717, 1.165) is 22.5 Å². The monoisotopic (exact) mass is 452 g/mol. The van der Waals surface area contributed by atoms with Gasteiger partial charge in [-0.05, 0) is 25.1 Å². The molecule has 0 aliphatic heterocycles. The SMILES string of the molecule is Cc1[nH]c(N)nc1-c1ccc(N=C(c2ccccc2)c2c(O)[nH]c3ccc([N+](=O)[O-])cc23)cc1. The lowest BCUT2D eigenvalue weighted by Crippen LogP contribution is -2.03. The Labute approximate surface area is 193 Å². The third kappa shape index (κ3) is 3.75. The van der Waals surface area contributed by atoms with Crippen LogP contribution < -0.4 is 5.73 Å². The number of fused-ring (bicyclic) bond motifs is 1. The number of hydrogen-bond donors (Lipinski definition) is 4. The molecular weight excluding hydrogens is 432 g/mol. The predicted molar refractivity (Wildman–Crippen MR) is 132 cm³/mol. The van der Waals surface area contributed by atoms with E-state index in [1.54, 1.807) is 6.07 Å². The van der Waals surface area contributed by atoms with Crippen molar-refractivity contribution in [3.05, 3.63) is 99.7 Å². The van der Waals surface area contributed by atoms with E-state index >= 15 is 0 Å². The number of nitro benzene ring substituents is 1. The number of benzene rings is 3. The molecule has 0 spiro atoms. The third-order valence-corrected chi connectivity index (χ3v) is 5.54. The molecule has 2 aromatic heterocycles. The maximum Gasteiger partial charge on any atom is 0.270 e. The largest absolute Gasteiger partial charge is 0.494 e. The molecule has 5 N–H and O–H groups in total. The smallest absolute Gasteiger partial charge is 0.270 e. The fourth-order valence-corrected chi connectivity index (χ4v) is 3.97. The van der Waals surface area contributed by atoms with Crippen LogP contribution in [0, 0.1) is 17.0 Å². The van der Waals surface area contributed by atoms with Crippen LogP contribution in [0.2, 0.25) is 0 Å². The van der Waals surface area contributed by atoms with Crippen molar-refractivity contribution in [2.75, 3.05) is 5.73 Å². The number of aromatic nitrogens is 3. The zero-order valence-corrected chi connectivity index (χ0v) is 18.1. The number of imidazole rings is 1. The zero-order valence-electron chi connectivity index (χ0n) is 18.1. The van der Waals surface area contributed by atoms with E-state index in [2.05, 4.69) is 15.0 Å².